The van der Waals surface area contributed by atoms with Crippen LogP contribution >= 0.6 is 0 Å². The molecule has 0 bridgehead atoms. The van der Waals surface area contributed by atoms with E-state index in [4.69, 9.17) is 10.7 Å². The second-order valence-corrected chi connectivity index (χ2v) is 5.76. The van der Waals surface area contributed by atoms with Gasteiger partial charge in [0.15, 0.2) is 5.96 Å². The van der Waals surface area contributed by atoms with E-state index < -0.39 is 0 Å². The maximum Gasteiger partial charge on any atom is 0.217 e. The number of nitrogens with two attached hydrogens (primary N) is 1. The van der Waals surface area contributed by atoms with E-state index in [9.17, 15) is 4.79 Å². The number of likely N-dealkylation sites (tertiary alicyclic amines) is 1. The molecule has 0 spiro atoms. The molecule has 0 aliphatic carbocycles. The number of amides is 1. The molecule has 1 rings (SSSR count). The lowest BCUT2D eigenvalue weighted by Crippen LogP contribution is -2.47. The van der Waals surface area contributed by atoms with Crippen LogP contribution in [0, 0.1) is 5.92 Å². The predicted octanol–water partition coefficient (Wildman–Crippen LogP) is 0.491. The second kappa shape index (κ2) is 9.60. The Morgan fingerprint density at radius 2 is 2.24 bits per heavy atom. The molecule has 1 aliphatic heterocycles. The third-order valence-electron chi connectivity index (χ3n) is 3.93. The van der Waals surface area contributed by atoms with Crippen molar-refractivity contribution in [1.29, 1.82) is 0 Å². The standard InChI is InChI=1S/C15H31N5O/c1-4-17-15(18-8-10-19(3)5-2)20-9-6-7-13(12-20)11-14(16)21/h13H,4-12H2,1-3H3,(H2,16,21)(H,17,18). The molecule has 0 aromatic heterocycles. The highest BCUT2D eigenvalue weighted by Gasteiger charge is 2.23. The van der Waals surface area contributed by atoms with Crippen molar-refractivity contribution in [1.82, 2.24) is 15.1 Å². The summed E-state index contributed by atoms with van der Waals surface area (Å²) < 4.78 is 0. The molecule has 1 saturated heterocycles. The first kappa shape index (κ1) is 17.8. The van der Waals surface area contributed by atoms with Crippen LogP contribution in [0.4, 0.5) is 0 Å². The monoisotopic (exact) mass is 297 g/mol. The van der Waals surface area contributed by atoms with Crippen LogP contribution in [0.25, 0.3) is 0 Å². The summed E-state index contributed by atoms with van der Waals surface area (Å²) in [6.07, 6.45) is 2.66. The molecule has 6 nitrogen and oxygen atoms in total. The fourth-order valence-electron chi connectivity index (χ4n) is 2.62. The van der Waals surface area contributed by atoms with Gasteiger partial charge in [-0.2, -0.15) is 0 Å². The Morgan fingerprint density at radius 1 is 1.48 bits per heavy atom. The Morgan fingerprint density at radius 3 is 2.86 bits per heavy atom. The van der Waals surface area contributed by atoms with Crippen molar-refractivity contribution in [3.63, 3.8) is 0 Å². The molecular weight excluding hydrogens is 266 g/mol. The Balaban J connectivity index is 2.57. The lowest BCUT2D eigenvalue weighted by Gasteiger charge is -2.34. The molecule has 1 heterocycles. The highest BCUT2D eigenvalue weighted by molar-refractivity contribution is 5.80. The van der Waals surface area contributed by atoms with E-state index >= 15 is 0 Å². The summed E-state index contributed by atoms with van der Waals surface area (Å²) in [5.74, 6) is 1.13. The molecule has 0 saturated carbocycles. The molecular formula is C15H31N5O. The molecule has 0 aromatic carbocycles. The molecule has 122 valence electrons. The molecule has 21 heavy (non-hydrogen) atoms. The maximum atomic E-state index is 11.1. The van der Waals surface area contributed by atoms with Crippen LogP contribution in [0.3, 0.4) is 0 Å². The van der Waals surface area contributed by atoms with Crippen LogP contribution in [0.1, 0.15) is 33.1 Å². The van der Waals surface area contributed by atoms with Gasteiger partial charge in [0.25, 0.3) is 0 Å². The van der Waals surface area contributed by atoms with Crippen LogP contribution in [0.5, 0.6) is 0 Å². The quantitative estimate of drug-likeness (QED) is 0.530. The molecule has 1 unspecified atom stereocenters. The minimum atomic E-state index is -0.201. The van der Waals surface area contributed by atoms with Crippen LogP contribution in [-0.2, 0) is 4.79 Å². The SMILES string of the molecule is CCNC(=NCCN(C)CC)N1CCCC(CC(N)=O)C1. The number of aliphatic imine (C=N–C) groups is 1. The Hall–Kier alpha value is -1.30. The number of carbonyl (C=O) groups excluding carboxylic acids is 1. The van der Waals surface area contributed by atoms with Gasteiger partial charge in [-0.25, -0.2) is 0 Å². The molecule has 0 radical (unpaired) electrons. The summed E-state index contributed by atoms with van der Waals surface area (Å²) in [6, 6.07) is 0. The van der Waals surface area contributed by atoms with Crippen LogP contribution in [0.2, 0.25) is 0 Å². The second-order valence-electron chi connectivity index (χ2n) is 5.76. The lowest BCUT2D eigenvalue weighted by molar-refractivity contribution is -0.119. The molecule has 1 amide bonds. The van der Waals surface area contributed by atoms with Gasteiger partial charge in [-0.15, -0.1) is 0 Å². The minimum Gasteiger partial charge on any atom is -0.370 e. The van der Waals surface area contributed by atoms with Crippen molar-refractivity contribution in [2.45, 2.75) is 33.1 Å². The molecule has 6 heteroatoms. The van der Waals surface area contributed by atoms with Gasteiger partial charge in [0, 0.05) is 32.6 Å². The summed E-state index contributed by atoms with van der Waals surface area (Å²) >= 11 is 0. The highest BCUT2D eigenvalue weighted by atomic mass is 16.1. The predicted molar refractivity (Wildman–Crippen MR) is 87.3 cm³/mol. The first-order valence-corrected chi connectivity index (χ1v) is 8.06. The lowest BCUT2D eigenvalue weighted by atomic mass is 9.95. The van der Waals surface area contributed by atoms with Crippen molar-refractivity contribution in [2.75, 3.05) is 46.3 Å². The number of hydrogen-bond donors (Lipinski definition) is 2. The van der Waals surface area contributed by atoms with Gasteiger partial charge < -0.3 is 20.9 Å². The highest BCUT2D eigenvalue weighted by Crippen LogP contribution is 2.19. The first-order valence-electron chi connectivity index (χ1n) is 8.06. The largest absolute Gasteiger partial charge is 0.370 e. The van der Waals surface area contributed by atoms with Crippen molar-refractivity contribution in [3.8, 4) is 0 Å². The fourth-order valence-corrected chi connectivity index (χ4v) is 2.62. The summed E-state index contributed by atoms with van der Waals surface area (Å²) in [7, 11) is 2.10. The third-order valence-corrected chi connectivity index (χ3v) is 3.93. The molecule has 1 aliphatic rings. The Bertz CT molecular complexity index is 345. The first-order chi connectivity index (χ1) is 10.1. The summed E-state index contributed by atoms with van der Waals surface area (Å²) in [4.78, 5) is 20.3. The number of likely N-dealkylation sites (N-methyl/N-ethyl adjacent to an activating group) is 1. The van der Waals surface area contributed by atoms with E-state index in [-0.39, 0.29) is 5.91 Å². The number of nitrogens with zero attached hydrogens (tertiary/aromatic N) is 3. The van der Waals surface area contributed by atoms with Gasteiger partial charge in [-0.1, -0.05) is 6.92 Å². The topological polar surface area (TPSA) is 74.0 Å². The van der Waals surface area contributed by atoms with E-state index in [1.54, 1.807) is 0 Å². The van der Waals surface area contributed by atoms with Crippen LogP contribution < -0.4 is 11.1 Å². The van der Waals surface area contributed by atoms with E-state index in [1.807, 2.05) is 0 Å². The van der Waals surface area contributed by atoms with Crippen molar-refractivity contribution in [3.05, 3.63) is 0 Å². The van der Waals surface area contributed by atoms with Gasteiger partial charge in [0.05, 0.1) is 6.54 Å². The van der Waals surface area contributed by atoms with Crippen LogP contribution in [0.15, 0.2) is 4.99 Å². The normalized spacial score (nSPS) is 19.9. The van der Waals surface area contributed by atoms with Gasteiger partial charge in [0.2, 0.25) is 5.91 Å². The van der Waals surface area contributed by atoms with E-state index in [0.29, 0.717) is 12.3 Å². The minimum absolute atomic E-state index is 0.201. The summed E-state index contributed by atoms with van der Waals surface area (Å²) in [5, 5.41) is 3.36. The Labute approximate surface area is 128 Å². The fraction of sp³-hybridized carbons (Fsp3) is 0.867. The summed E-state index contributed by atoms with van der Waals surface area (Å²) in [5.41, 5.74) is 5.32. The van der Waals surface area contributed by atoms with E-state index in [2.05, 4.69) is 36.0 Å². The average Bonchev–Trinajstić information content (AvgIpc) is 2.45. The maximum absolute atomic E-state index is 11.1. The zero-order valence-corrected chi connectivity index (χ0v) is 13.8. The van der Waals surface area contributed by atoms with Gasteiger partial charge in [-0.3, -0.25) is 9.79 Å². The number of rotatable bonds is 7. The van der Waals surface area contributed by atoms with Crippen molar-refractivity contribution >= 4 is 11.9 Å². The smallest absolute Gasteiger partial charge is 0.217 e. The average molecular weight is 297 g/mol. The van der Waals surface area contributed by atoms with Crippen molar-refractivity contribution in [2.24, 2.45) is 16.6 Å². The number of carbonyl (C=O) groups is 1. The van der Waals surface area contributed by atoms with Crippen molar-refractivity contribution < 1.29 is 4.79 Å². The molecule has 0 aromatic rings. The molecule has 1 atom stereocenters. The van der Waals surface area contributed by atoms with Crippen LogP contribution in [-0.4, -0.2) is 68.0 Å². The van der Waals surface area contributed by atoms with Gasteiger partial charge >= 0.3 is 0 Å². The number of primary amides is 1. The van der Waals surface area contributed by atoms with Gasteiger partial charge in [-0.05, 0) is 39.3 Å². The van der Waals surface area contributed by atoms with Gasteiger partial charge in [0.1, 0.15) is 0 Å². The third kappa shape index (κ3) is 6.80. The summed E-state index contributed by atoms with van der Waals surface area (Å²) in [6.45, 7) is 9.76. The zero-order valence-electron chi connectivity index (χ0n) is 13.8. The Kier molecular flexibility index (Phi) is 8.12. The number of piperidine rings is 1. The molecule has 3 N–H and O–H groups in total. The van der Waals surface area contributed by atoms with E-state index in [0.717, 1.165) is 58.1 Å². The number of nitrogens with one attached hydrogen (secondary N) is 1. The zero-order chi connectivity index (χ0) is 15.7. The number of hydrogen-bond acceptors (Lipinski definition) is 3. The number of guanidine groups is 1. The molecule has 1 fully saturated rings. The van der Waals surface area contributed by atoms with E-state index in [1.165, 1.54) is 0 Å².